The van der Waals surface area contributed by atoms with Crippen LogP contribution in [-0.4, -0.2) is 17.4 Å². The molecule has 0 saturated carbocycles. The van der Waals surface area contributed by atoms with Crippen molar-refractivity contribution in [3.8, 4) is 0 Å². The number of hydrogen-bond donors (Lipinski definition) is 2. The summed E-state index contributed by atoms with van der Waals surface area (Å²) in [6.07, 6.45) is 1.48. The topological polar surface area (TPSA) is 58.4 Å². The Morgan fingerprint density at radius 1 is 1.12 bits per heavy atom. The van der Waals surface area contributed by atoms with E-state index < -0.39 is 0 Å². The van der Waals surface area contributed by atoms with Gasteiger partial charge in [-0.05, 0) is 41.6 Å². The van der Waals surface area contributed by atoms with Gasteiger partial charge in [0, 0.05) is 31.2 Å². The Labute approximate surface area is 156 Å². The molecule has 0 aromatic heterocycles. The zero-order valence-corrected chi connectivity index (χ0v) is 15.7. The van der Waals surface area contributed by atoms with Crippen molar-refractivity contribution in [3.05, 3.63) is 65.2 Å². The first kappa shape index (κ1) is 18.6. The van der Waals surface area contributed by atoms with Crippen molar-refractivity contribution in [2.24, 2.45) is 11.7 Å². The van der Waals surface area contributed by atoms with Crippen LogP contribution in [0.1, 0.15) is 49.4 Å². The number of benzene rings is 2. The molecule has 0 radical (unpaired) electrons. The number of rotatable bonds is 7. The van der Waals surface area contributed by atoms with Gasteiger partial charge in [-0.15, -0.1) is 0 Å². The highest BCUT2D eigenvalue weighted by Gasteiger charge is 2.22. The predicted molar refractivity (Wildman–Crippen MR) is 107 cm³/mol. The largest absolute Gasteiger partial charge is 0.326 e. The van der Waals surface area contributed by atoms with Crippen LogP contribution in [0.15, 0.2) is 48.5 Å². The summed E-state index contributed by atoms with van der Waals surface area (Å²) < 4.78 is 0. The van der Waals surface area contributed by atoms with Gasteiger partial charge in [0.15, 0.2) is 0 Å². The molecule has 0 fully saturated rings. The molecule has 2 aromatic carbocycles. The Balaban J connectivity index is 1.61. The molecule has 138 valence electrons. The van der Waals surface area contributed by atoms with E-state index in [0.29, 0.717) is 5.92 Å². The molecule has 3 rings (SSSR count). The van der Waals surface area contributed by atoms with Gasteiger partial charge >= 0.3 is 0 Å². The Morgan fingerprint density at radius 2 is 1.88 bits per heavy atom. The SMILES string of the molecule is CC(C)CCN1Cc2cccc(NC(=O)CC(N)c3ccccc3)c2C1. The quantitative estimate of drug-likeness (QED) is 0.790. The van der Waals surface area contributed by atoms with Gasteiger partial charge in [0.25, 0.3) is 0 Å². The number of nitrogens with one attached hydrogen (secondary N) is 1. The summed E-state index contributed by atoms with van der Waals surface area (Å²) in [5, 5.41) is 3.08. The maximum absolute atomic E-state index is 12.5. The minimum atomic E-state index is -0.282. The molecular formula is C22H29N3O. The van der Waals surface area contributed by atoms with Crippen molar-refractivity contribution in [1.29, 1.82) is 0 Å². The maximum Gasteiger partial charge on any atom is 0.226 e. The fraction of sp³-hybridized carbons (Fsp3) is 0.409. The Morgan fingerprint density at radius 3 is 2.62 bits per heavy atom. The molecule has 26 heavy (non-hydrogen) atoms. The molecule has 0 saturated heterocycles. The van der Waals surface area contributed by atoms with Gasteiger partial charge in [0.05, 0.1) is 0 Å². The van der Waals surface area contributed by atoms with E-state index in [9.17, 15) is 4.79 Å². The van der Waals surface area contributed by atoms with E-state index in [1.807, 2.05) is 42.5 Å². The van der Waals surface area contributed by atoms with Gasteiger partial charge in [0.1, 0.15) is 0 Å². The van der Waals surface area contributed by atoms with Gasteiger partial charge in [-0.3, -0.25) is 9.69 Å². The van der Waals surface area contributed by atoms with Gasteiger partial charge < -0.3 is 11.1 Å². The van der Waals surface area contributed by atoms with Crippen LogP contribution in [0.25, 0.3) is 0 Å². The third-order valence-electron chi connectivity index (χ3n) is 4.98. The molecule has 0 aliphatic carbocycles. The maximum atomic E-state index is 12.5. The average molecular weight is 351 g/mol. The molecule has 1 atom stereocenters. The number of nitrogens with zero attached hydrogens (tertiary/aromatic N) is 1. The van der Waals surface area contributed by atoms with Crippen LogP contribution in [0.3, 0.4) is 0 Å². The predicted octanol–water partition coefficient (Wildman–Crippen LogP) is 4.08. The van der Waals surface area contributed by atoms with Crippen LogP contribution in [0.4, 0.5) is 5.69 Å². The summed E-state index contributed by atoms with van der Waals surface area (Å²) in [5.41, 5.74) is 10.7. The van der Waals surface area contributed by atoms with Crippen LogP contribution >= 0.6 is 0 Å². The molecule has 0 spiro atoms. The first-order chi connectivity index (χ1) is 12.5. The van der Waals surface area contributed by atoms with Crippen LogP contribution in [-0.2, 0) is 17.9 Å². The Hall–Kier alpha value is -2.17. The van der Waals surface area contributed by atoms with E-state index in [0.717, 1.165) is 30.9 Å². The number of fused-ring (bicyclic) bond motifs is 1. The molecule has 4 heteroatoms. The zero-order chi connectivity index (χ0) is 18.5. The molecule has 1 heterocycles. The smallest absolute Gasteiger partial charge is 0.226 e. The molecule has 1 unspecified atom stereocenters. The lowest BCUT2D eigenvalue weighted by Gasteiger charge is -2.16. The minimum Gasteiger partial charge on any atom is -0.326 e. The van der Waals surface area contributed by atoms with Gasteiger partial charge in [-0.2, -0.15) is 0 Å². The lowest BCUT2D eigenvalue weighted by Crippen LogP contribution is -2.21. The third-order valence-corrected chi connectivity index (χ3v) is 4.98. The molecule has 4 nitrogen and oxygen atoms in total. The van der Waals surface area contributed by atoms with Crippen molar-refractivity contribution < 1.29 is 4.79 Å². The van der Waals surface area contributed by atoms with Gasteiger partial charge in [-0.25, -0.2) is 0 Å². The lowest BCUT2D eigenvalue weighted by atomic mass is 10.0. The summed E-state index contributed by atoms with van der Waals surface area (Å²) in [6.45, 7) is 7.48. The number of nitrogens with two attached hydrogens (primary N) is 1. The van der Waals surface area contributed by atoms with Crippen LogP contribution in [0.5, 0.6) is 0 Å². The second kappa shape index (κ2) is 8.47. The lowest BCUT2D eigenvalue weighted by molar-refractivity contribution is -0.116. The third kappa shape index (κ3) is 4.71. The van der Waals surface area contributed by atoms with Crippen molar-refractivity contribution in [2.75, 3.05) is 11.9 Å². The van der Waals surface area contributed by atoms with E-state index in [1.165, 1.54) is 17.5 Å². The monoisotopic (exact) mass is 351 g/mol. The van der Waals surface area contributed by atoms with Crippen molar-refractivity contribution in [1.82, 2.24) is 4.90 Å². The molecule has 1 amide bonds. The Bertz CT molecular complexity index is 742. The van der Waals surface area contributed by atoms with Crippen molar-refractivity contribution >= 4 is 11.6 Å². The number of carbonyl (C=O) groups excluding carboxylic acids is 1. The zero-order valence-electron chi connectivity index (χ0n) is 15.7. The van der Waals surface area contributed by atoms with Crippen molar-refractivity contribution in [2.45, 2.75) is 45.8 Å². The van der Waals surface area contributed by atoms with E-state index in [1.54, 1.807) is 0 Å². The Kier molecular flexibility index (Phi) is 6.07. The summed E-state index contributed by atoms with van der Waals surface area (Å²) in [4.78, 5) is 14.9. The van der Waals surface area contributed by atoms with Gasteiger partial charge in [-0.1, -0.05) is 56.3 Å². The minimum absolute atomic E-state index is 0.0321. The van der Waals surface area contributed by atoms with Crippen molar-refractivity contribution in [3.63, 3.8) is 0 Å². The summed E-state index contributed by atoms with van der Waals surface area (Å²) in [6, 6.07) is 15.7. The van der Waals surface area contributed by atoms with E-state index in [-0.39, 0.29) is 18.4 Å². The van der Waals surface area contributed by atoms with E-state index in [4.69, 9.17) is 5.73 Å². The fourth-order valence-corrected chi connectivity index (χ4v) is 3.42. The number of hydrogen-bond acceptors (Lipinski definition) is 3. The summed E-state index contributed by atoms with van der Waals surface area (Å²) >= 11 is 0. The molecule has 1 aliphatic heterocycles. The average Bonchev–Trinajstić information content (AvgIpc) is 3.05. The second-order valence-corrected chi connectivity index (χ2v) is 7.61. The standard InChI is InChI=1S/C22H29N3O/c1-16(2)11-12-25-14-18-9-6-10-21(19(18)15-25)24-22(26)13-20(23)17-7-4-3-5-8-17/h3-10,16,20H,11-15,23H2,1-2H3,(H,24,26). The van der Waals surface area contributed by atoms with Crippen LogP contribution in [0.2, 0.25) is 0 Å². The second-order valence-electron chi connectivity index (χ2n) is 7.61. The molecule has 2 aromatic rings. The summed E-state index contributed by atoms with van der Waals surface area (Å²) in [7, 11) is 0. The number of amides is 1. The highest BCUT2D eigenvalue weighted by atomic mass is 16.1. The van der Waals surface area contributed by atoms with Gasteiger partial charge in [0.2, 0.25) is 5.91 Å². The van der Waals surface area contributed by atoms with Crippen LogP contribution in [0, 0.1) is 5.92 Å². The highest BCUT2D eigenvalue weighted by molar-refractivity contribution is 5.92. The molecular weight excluding hydrogens is 322 g/mol. The molecule has 0 bridgehead atoms. The first-order valence-electron chi connectivity index (χ1n) is 9.46. The van der Waals surface area contributed by atoms with E-state index >= 15 is 0 Å². The fourth-order valence-electron chi connectivity index (χ4n) is 3.42. The number of carbonyl (C=O) groups is 1. The molecule has 3 N–H and O–H groups in total. The number of anilines is 1. The highest BCUT2D eigenvalue weighted by Crippen LogP contribution is 2.30. The summed E-state index contributed by atoms with van der Waals surface area (Å²) in [5.74, 6) is 0.674. The van der Waals surface area contributed by atoms with Crippen LogP contribution < -0.4 is 11.1 Å². The first-order valence-corrected chi connectivity index (χ1v) is 9.46. The van der Waals surface area contributed by atoms with E-state index in [2.05, 4.69) is 30.1 Å². The molecule has 1 aliphatic rings. The normalized spacial score (nSPS) is 15.1.